The van der Waals surface area contributed by atoms with Gasteiger partial charge in [0.15, 0.2) is 0 Å². The Morgan fingerprint density at radius 3 is 3.07 bits per heavy atom. The van der Waals surface area contributed by atoms with E-state index in [1.54, 1.807) is 17.5 Å². The van der Waals surface area contributed by atoms with Gasteiger partial charge in [0.05, 0.1) is 10.6 Å². The molecule has 0 amide bonds. The molecule has 0 atom stereocenters. The lowest BCUT2D eigenvalue weighted by Crippen LogP contribution is -1.75. The average Bonchev–Trinajstić information content (AvgIpc) is 2.68. The van der Waals surface area contributed by atoms with Crippen LogP contribution in [0.5, 0.6) is 0 Å². The summed E-state index contributed by atoms with van der Waals surface area (Å²) in [7, 11) is 0. The van der Waals surface area contributed by atoms with Crippen molar-refractivity contribution >= 4 is 17.4 Å². The molecule has 0 saturated carbocycles. The molecule has 0 aliphatic rings. The summed E-state index contributed by atoms with van der Waals surface area (Å²) in [4.78, 5) is 5.46. The zero-order valence-electron chi connectivity index (χ0n) is 7.60. The lowest BCUT2D eigenvalue weighted by atomic mass is 10.2. The fourth-order valence-electron chi connectivity index (χ4n) is 1.19. The Morgan fingerprint density at radius 1 is 1.43 bits per heavy atom. The molecule has 2 heteroatoms. The maximum absolute atomic E-state index is 4.28. The first-order valence-corrected chi connectivity index (χ1v) is 5.14. The Hall–Kier alpha value is -1.63. The molecule has 2 aromatic rings. The normalized spacial score (nSPS) is 9.43. The summed E-state index contributed by atoms with van der Waals surface area (Å²) in [6.07, 6.45) is 3.67. The molecular formula is C12H9NS. The van der Waals surface area contributed by atoms with Gasteiger partial charge >= 0.3 is 0 Å². The van der Waals surface area contributed by atoms with Crippen molar-refractivity contribution < 1.29 is 0 Å². The molecule has 2 heterocycles. The van der Waals surface area contributed by atoms with Crippen LogP contribution < -0.4 is 0 Å². The van der Waals surface area contributed by atoms with Gasteiger partial charge in [-0.3, -0.25) is 4.98 Å². The highest BCUT2D eigenvalue weighted by molar-refractivity contribution is 7.13. The molecule has 68 valence electrons. The van der Waals surface area contributed by atoms with Crippen molar-refractivity contribution in [1.82, 2.24) is 4.98 Å². The Balaban J connectivity index is 2.39. The van der Waals surface area contributed by atoms with Gasteiger partial charge in [-0.25, -0.2) is 0 Å². The first-order valence-electron chi connectivity index (χ1n) is 4.26. The molecule has 0 saturated heterocycles. The average molecular weight is 199 g/mol. The third kappa shape index (κ3) is 1.82. The van der Waals surface area contributed by atoms with Gasteiger partial charge in [-0.15, -0.1) is 17.1 Å². The first kappa shape index (κ1) is 8.95. The third-order valence-electron chi connectivity index (χ3n) is 1.81. The molecular weight excluding hydrogens is 190 g/mol. The van der Waals surface area contributed by atoms with E-state index in [9.17, 15) is 0 Å². The molecule has 0 aromatic carbocycles. The summed E-state index contributed by atoms with van der Waals surface area (Å²) < 4.78 is 0. The zero-order chi connectivity index (χ0) is 9.80. The first-order chi connectivity index (χ1) is 6.90. The minimum absolute atomic E-state index is 1.02. The van der Waals surface area contributed by atoms with Crippen molar-refractivity contribution in [2.45, 2.75) is 0 Å². The number of thiophene rings is 1. The summed E-state index contributed by atoms with van der Waals surface area (Å²) in [5.74, 6) is 0. The molecule has 2 rings (SSSR count). The zero-order valence-corrected chi connectivity index (χ0v) is 8.42. The Labute approximate surface area is 87.1 Å². The fraction of sp³-hybridized carbons (Fsp3) is 0. The van der Waals surface area contributed by atoms with Gasteiger partial charge in [0, 0.05) is 6.20 Å². The van der Waals surface area contributed by atoms with E-state index in [2.05, 4.69) is 28.7 Å². The predicted molar refractivity (Wildman–Crippen MR) is 61.2 cm³/mol. The van der Waals surface area contributed by atoms with E-state index >= 15 is 0 Å². The van der Waals surface area contributed by atoms with E-state index in [0.29, 0.717) is 0 Å². The Bertz CT molecular complexity index is 464. The second kappa shape index (κ2) is 4.05. The van der Waals surface area contributed by atoms with Gasteiger partial charge in [0.2, 0.25) is 0 Å². The molecule has 0 N–H and O–H groups in total. The second-order valence-electron chi connectivity index (χ2n) is 2.81. The van der Waals surface area contributed by atoms with E-state index < -0.39 is 0 Å². The van der Waals surface area contributed by atoms with Gasteiger partial charge < -0.3 is 0 Å². The van der Waals surface area contributed by atoms with E-state index in [0.717, 1.165) is 11.3 Å². The molecule has 0 aliphatic carbocycles. The molecule has 0 bridgehead atoms. The van der Waals surface area contributed by atoms with E-state index in [4.69, 9.17) is 0 Å². The molecule has 14 heavy (non-hydrogen) atoms. The summed E-state index contributed by atoms with van der Waals surface area (Å²) in [6.45, 7) is 3.55. The highest BCUT2D eigenvalue weighted by Crippen LogP contribution is 2.25. The van der Waals surface area contributed by atoms with Gasteiger partial charge in [-0.1, -0.05) is 12.6 Å². The summed E-state index contributed by atoms with van der Waals surface area (Å²) in [5.41, 5.74) is 4.91. The number of aromatic nitrogens is 1. The summed E-state index contributed by atoms with van der Waals surface area (Å²) in [6, 6.07) is 8.01. The number of pyridine rings is 1. The molecule has 0 aliphatic heterocycles. The van der Waals surface area contributed by atoms with Crippen LogP contribution >= 0.6 is 11.3 Å². The minimum atomic E-state index is 1.02. The number of hydrogen-bond acceptors (Lipinski definition) is 2. The van der Waals surface area contributed by atoms with Crippen LogP contribution in [0.4, 0.5) is 0 Å². The van der Waals surface area contributed by atoms with Gasteiger partial charge in [0.1, 0.15) is 0 Å². The van der Waals surface area contributed by atoms with E-state index in [1.807, 2.05) is 24.3 Å². The highest BCUT2D eigenvalue weighted by Gasteiger charge is 2.00. The van der Waals surface area contributed by atoms with Crippen LogP contribution in [0.2, 0.25) is 0 Å². The number of rotatable bonds is 2. The van der Waals surface area contributed by atoms with Crippen molar-refractivity contribution in [3.63, 3.8) is 0 Å². The van der Waals surface area contributed by atoms with Crippen LogP contribution in [0.25, 0.3) is 16.6 Å². The lowest BCUT2D eigenvalue weighted by Gasteiger charge is -1.92. The van der Waals surface area contributed by atoms with Crippen molar-refractivity contribution in [1.29, 1.82) is 0 Å². The van der Waals surface area contributed by atoms with Crippen molar-refractivity contribution in [2.24, 2.45) is 0 Å². The van der Waals surface area contributed by atoms with Crippen LogP contribution in [0, 0.1) is 0 Å². The summed E-state index contributed by atoms with van der Waals surface area (Å²) >= 11 is 1.68. The molecule has 0 radical (unpaired) electrons. The molecule has 0 unspecified atom stereocenters. The summed E-state index contributed by atoms with van der Waals surface area (Å²) in [5, 5.41) is 2.07. The Morgan fingerprint density at radius 2 is 2.36 bits per heavy atom. The van der Waals surface area contributed by atoms with Crippen LogP contribution in [-0.2, 0) is 0 Å². The van der Waals surface area contributed by atoms with Gasteiger partial charge in [-0.05, 0) is 35.2 Å². The van der Waals surface area contributed by atoms with Crippen LogP contribution in [-0.4, -0.2) is 4.98 Å². The smallest absolute Gasteiger partial charge is 0.0801 e. The van der Waals surface area contributed by atoms with E-state index in [-0.39, 0.29) is 0 Å². The van der Waals surface area contributed by atoms with E-state index in [1.165, 1.54) is 4.88 Å². The van der Waals surface area contributed by atoms with Crippen molar-refractivity contribution in [3.8, 4) is 10.6 Å². The topological polar surface area (TPSA) is 12.9 Å². The van der Waals surface area contributed by atoms with Crippen LogP contribution in [0.1, 0.15) is 5.56 Å². The maximum atomic E-state index is 4.28. The molecule has 1 nitrogen and oxygen atoms in total. The number of nitrogens with zero attached hydrogens (tertiary/aromatic N) is 1. The van der Waals surface area contributed by atoms with Gasteiger partial charge in [0.25, 0.3) is 0 Å². The molecule has 0 fully saturated rings. The Kier molecular flexibility index (Phi) is 2.59. The van der Waals surface area contributed by atoms with Crippen molar-refractivity contribution in [2.75, 3.05) is 0 Å². The second-order valence-corrected chi connectivity index (χ2v) is 3.72. The van der Waals surface area contributed by atoms with Crippen molar-refractivity contribution in [3.05, 3.63) is 53.7 Å². The van der Waals surface area contributed by atoms with Crippen LogP contribution in [0.15, 0.2) is 48.2 Å². The molecule has 0 spiro atoms. The monoisotopic (exact) mass is 199 g/mol. The fourth-order valence-corrected chi connectivity index (χ4v) is 2.03. The maximum Gasteiger partial charge on any atom is 0.0801 e. The number of hydrogen-bond donors (Lipinski definition) is 0. The van der Waals surface area contributed by atoms with Crippen LogP contribution in [0.3, 0.4) is 0 Å². The predicted octanol–water partition coefficient (Wildman–Crippen LogP) is 3.61. The highest BCUT2D eigenvalue weighted by atomic mass is 32.1. The van der Waals surface area contributed by atoms with Gasteiger partial charge in [-0.2, -0.15) is 0 Å². The lowest BCUT2D eigenvalue weighted by molar-refractivity contribution is 1.34. The molecule has 2 aromatic heterocycles. The largest absolute Gasteiger partial charge is 0.255 e. The quantitative estimate of drug-likeness (QED) is 0.673. The minimum Gasteiger partial charge on any atom is -0.255 e. The third-order valence-corrected chi connectivity index (χ3v) is 2.78. The SMILES string of the molecule is C=C=Cc1csc(-c2ccccn2)c1. The standard InChI is InChI=1S/C12H9NS/c1-2-5-10-8-12(14-9-10)11-6-3-4-7-13-11/h3-9H,1H2.